The van der Waals surface area contributed by atoms with E-state index in [1.54, 1.807) is 5.10 Å². The van der Waals surface area contributed by atoms with Crippen LogP contribution < -0.4 is 10.0 Å². The van der Waals surface area contributed by atoms with Crippen LogP contribution in [0, 0.1) is 10.1 Å². The molecule has 15 heteroatoms. The number of nitrogens with one attached hydrogen (secondary N) is 3. The van der Waals surface area contributed by atoms with Crippen LogP contribution in [0.4, 0.5) is 30.5 Å². The van der Waals surface area contributed by atoms with E-state index in [-0.39, 0.29) is 12.3 Å². The molecule has 2 aromatic rings. The quantitative estimate of drug-likeness (QED) is 0.428. The van der Waals surface area contributed by atoms with Crippen LogP contribution in [0.15, 0.2) is 23.1 Å². The van der Waals surface area contributed by atoms with E-state index in [0.29, 0.717) is 0 Å². The number of aromatic nitrogens is 3. The Morgan fingerprint density at radius 1 is 1.39 bits per heavy atom. The summed E-state index contributed by atoms with van der Waals surface area (Å²) in [5.74, 6) is -1.97. The zero-order chi connectivity index (χ0) is 21.1. The Morgan fingerprint density at radius 2 is 2.07 bits per heavy atom. The second-order valence-electron chi connectivity index (χ2n) is 5.54. The molecule has 2 rings (SSSR count). The Bertz CT molecular complexity index is 962. The summed E-state index contributed by atoms with van der Waals surface area (Å²) in [6.45, 7) is 1.61. The maximum atomic E-state index is 12.5. The Balaban J connectivity index is 2.33. The lowest BCUT2D eigenvalue weighted by Crippen LogP contribution is -2.35. The Morgan fingerprint density at radius 3 is 2.61 bits per heavy atom. The lowest BCUT2D eigenvalue weighted by atomic mass is 10.2. The number of alkyl halides is 3. The van der Waals surface area contributed by atoms with E-state index < -0.39 is 49.5 Å². The predicted molar refractivity (Wildman–Crippen MR) is 89.4 cm³/mol. The summed E-state index contributed by atoms with van der Waals surface area (Å²) >= 11 is 0. The molecule has 11 nitrogen and oxygen atoms in total. The van der Waals surface area contributed by atoms with E-state index >= 15 is 0 Å². The van der Waals surface area contributed by atoms with Crippen LogP contribution in [-0.2, 0) is 20.9 Å². The Hall–Kier alpha value is -2.78. The van der Waals surface area contributed by atoms with Crippen molar-refractivity contribution in [2.24, 2.45) is 0 Å². The lowest BCUT2D eigenvalue weighted by molar-refractivity contribution is -0.384. The molecule has 0 aliphatic heterocycles. The first-order chi connectivity index (χ1) is 12.9. The third-order valence-electron chi connectivity index (χ3n) is 3.25. The molecule has 3 N–H and O–H groups in total. The summed E-state index contributed by atoms with van der Waals surface area (Å²) in [7, 11) is -2.71. The van der Waals surface area contributed by atoms with Gasteiger partial charge in [0.1, 0.15) is 5.69 Å². The molecular weight excluding hydrogens is 409 g/mol. The third kappa shape index (κ3) is 5.14. The molecule has 0 fully saturated rings. The van der Waals surface area contributed by atoms with Crippen molar-refractivity contribution in [2.45, 2.75) is 24.0 Å². The van der Waals surface area contributed by atoms with Gasteiger partial charge < -0.3 is 10.1 Å². The van der Waals surface area contributed by atoms with E-state index in [4.69, 9.17) is 4.74 Å². The molecule has 0 saturated carbocycles. The maximum Gasteiger partial charge on any atom is 0.451 e. The fraction of sp³-hybridized carbons (Fsp3) is 0.385. The normalized spacial score (nSPS) is 13.3. The molecule has 0 saturated heterocycles. The smallest absolute Gasteiger partial charge is 0.383 e. The van der Waals surface area contributed by atoms with Crippen molar-refractivity contribution >= 4 is 27.3 Å². The first kappa shape index (κ1) is 21.5. The molecule has 1 aromatic heterocycles. The molecule has 1 aromatic carbocycles. The highest BCUT2D eigenvalue weighted by Gasteiger charge is 2.35. The van der Waals surface area contributed by atoms with Crippen molar-refractivity contribution in [1.82, 2.24) is 19.9 Å². The van der Waals surface area contributed by atoms with Crippen LogP contribution in [0.5, 0.6) is 0 Å². The van der Waals surface area contributed by atoms with Gasteiger partial charge in [0.2, 0.25) is 21.8 Å². The van der Waals surface area contributed by atoms with Crippen LogP contribution in [0.2, 0.25) is 0 Å². The largest absolute Gasteiger partial charge is 0.451 e. The van der Waals surface area contributed by atoms with Crippen LogP contribution in [0.3, 0.4) is 0 Å². The van der Waals surface area contributed by atoms with E-state index in [1.165, 1.54) is 14.0 Å². The fourth-order valence-electron chi connectivity index (χ4n) is 2.12. The SMILES string of the molecule is COC[C@@H](C)NS(=O)(=O)c1ccc(Nc2n[nH]c(C(F)(F)F)n2)c([N+](=O)[O-])c1. The lowest BCUT2D eigenvalue weighted by Gasteiger charge is -2.13. The van der Waals surface area contributed by atoms with Crippen LogP contribution in [-0.4, -0.2) is 48.3 Å². The highest BCUT2D eigenvalue weighted by atomic mass is 32.2. The van der Waals surface area contributed by atoms with Crippen LogP contribution in [0.25, 0.3) is 0 Å². The number of sulfonamides is 1. The standard InChI is InChI=1S/C13H15F3N6O5S/c1-7(6-27-2)21-28(25,26)8-3-4-9(10(5-8)22(23)24)17-12-18-11(19-20-12)13(14,15)16/h3-5,7,21H,6H2,1-2H3,(H2,17,18,19,20)/t7-/m1/s1. The Kier molecular flexibility index (Phi) is 6.20. The van der Waals surface area contributed by atoms with Gasteiger partial charge in [-0.05, 0) is 19.1 Å². The van der Waals surface area contributed by atoms with Crippen LogP contribution >= 0.6 is 0 Å². The molecule has 154 valence electrons. The van der Waals surface area contributed by atoms with Gasteiger partial charge in [0, 0.05) is 19.2 Å². The van der Waals surface area contributed by atoms with Gasteiger partial charge >= 0.3 is 6.18 Å². The summed E-state index contributed by atoms with van der Waals surface area (Å²) in [4.78, 5) is 13.1. The maximum absolute atomic E-state index is 12.5. The van der Waals surface area contributed by atoms with Gasteiger partial charge in [-0.1, -0.05) is 0 Å². The molecule has 0 aliphatic carbocycles. The highest BCUT2D eigenvalue weighted by Crippen LogP contribution is 2.31. The van der Waals surface area contributed by atoms with Gasteiger partial charge in [-0.15, -0.1) is 5.10 Å². The number of halogens is 3. The van der Waals surface area contributed by atoms with Crippen molar-refractivity contribution in [2.75, 3.05) is 19.0 Å². The predicted octanol–water partition coefficient (Wildman–Crippen LogP) is 1.79. The molecule has 0 radical (unpaired) electrons. The summed E-state index contributed by atoms with van der Waals surface area (Å²) in [5.41, 5.74) is -0.984. The number of benzene rings is 1. The molecule has 0 bridgehead atoms. The van der Waals surface area contributed by atoms with Crippen molar-refractivity contribution in [1.29, 1.82) is 0 Å². The first-order valence-electron chi connectivity index (χ1n) is 7.50. The number of ether oxygens (including phenoxy) is 1. The van der Waals surface area contributed by atoms with Gasteiger partial charge in [-0.25, -0.2) is 13.1 Å². The van der Waals surface area contributed by atoms with Crippen molar-refractivity contribution in [3.05, 3.63) is 34.1 Å². The summed E-state index contributed by atoms with van der Waals surface area (Å²) in [6.07, 6.45) is -4.78. The average molecular weight is 424 g/mol. The molecule has 0 spiro atoms. The number of H-pyrrole nitrogens is 1. The molecule has 1 atom stereocenters. The van der Waals surface area contributed by atoms with Crippen LogP contribution in [0.1, 0.15) is 12.7 Å². The average Bonchev–Trinajstić information content (AvgIpc) is 3.03. The minimum atomic E-state index is -4.78. The van der Waals surface area contributed by atoms with Gasteiger partial charge in [-0.2, -0.15) is 18.2 Å². The third-order valence-corrected chi connectivity index (χ3v) is 4.84. The van der Waals surface area contributed by atoms with Gasteiger partial charge in [-0.3, -0.25) is 15.2 Å². The second-order valence-corrected chi connectivity index (χ2v) is 7.26. The molecule has 0 aliphatic rings. The molecular formula is C13H15F3N6O5S. The number of hydrogen-bond donors (Lipinski definition) is 3. The minimum Gasteiger partial charge on any atom is -0.383 e. The van der Waals surface area contributed by atoms with Crippen molar-refractivity contribution in [3.8, 4) is 0 Å². The number of aromatic amines is 1. The van der Waals surface area contributed by atoms with Gasteiger partial charge in [0.15, 0.2) is 0 Å². The van der Waals surface area contributed by atoms with Gasteiger partial charge in [0.05, 0.1) is 16.4 Å². The van der Waals surface area contributed by atoms with E-state index in [9.17, 15) is 31.7 Å². The number of nitro groups is 1. The topological polar surface area (TPSA) is 152 Å². The molecule has 1 heterocycles. The monoisotopic (exact) mass is 424 g/mol. The number of nitro benzene ring substituents is 1. The zero-order valence-electron chi connectivity index (χ0n) is 14.4. The minimum absolute atomic E-state index is 0.0767. The summed E-state index contributed by atoms with van der Waals surface area (Å²) < 4.78 is 69.3. The number of anilines is 2. The van der Waals surface area contributed by atoms with Crippen molar-refractivity contribution in [3.63, 3.8) is 0 Å². The summed E-state index contributed by atoms with van der Waals surface area (Å²) in [5, 5.41) is 18.5. The first-order valence-corrected chi connectivity index (χ1v) is 8.98. The van der Waals surface area contributed by atoms with Gasteiger partial charge in [0.25, 0.3) is 5.69 Å². The fourth-order valence-corrected chi connectivity index (χ4v) is 3.37. The van der Waals surface area contributed by atoms with E-state index in [2.05, 4.69) is 20.1 Å². The van der Waals surface area contributed by atoms with E-state index in [1.807, 2.05) is 0 Å². The molecule has 28 heavy (non-hydrogen) atoms. The Labute approximate surface area is 156 Å². The number of rotatable bonds is 8. The number of hydrogen-bond acceptors (Lipinski definition) is 8. The second kappa shape index (κ2) is 8.07. The summed E-state index contributed by atoms with van der Waals surface area (Å²) in [6, 6.07) is 2.24. The zero-order valence-corrected chi connectivity index (χ0v) is 15.3. The molecule has 0 amide bonds. The van der Waals surface area contributed by atoms with Crippen molar-refractivity contribution < 1.29 is 31.2 Å². The highest BCUT2D eigenvalue weighted by molar-refractivity contribution is 7.89. The van der Waals surface area contributed by atoms with E-state index in [0.717, 1.165) is 18.2 Å². The molecule has 0 unspecified atom stereocenters. The number of methoxy groups -OCH3 is 1. The number of nitrogens with zero attached hydrogens (tertiary/aromatic N) is 3.